The Morgan fingerprint density at radius 2 is 1.77 bits per heavy atom. The van der Waals surface area contributed by atoms with E-state index in [0.29, 0.717) is 34.2 Å². The molecule has 0 bridgehead atoms. The van der Waals surface area contributed by atoms with Gasteiger partial charge in [-0.25, -0.2) is 4.98 Å². The fraction of sp³-hybridized carbons (Fsp3) is 0.129. The van der Waals surface area contributed by atoms with E-state index in [4.69, 9.17) is 9.15 Å². The maximum Gasteiger partial charge on any atom is 0.296 e. The molecule has 1 N–H and O–H groups in total. The largest absolute Gasteiger partial charge is 0.505 e. The number of amides is 1. The molecule has 0 spiro atoms. The van der Waals surface area contributed by atoms with Crippen LogP contribution in [0.3, 0.4) is 0 Å². The number of aliphatic hydroxyl groups excluding tert-OH is 1. The Morgan fingerprint density at radius 3 is 2.51 bits per heavy atom. The summed E-state index contributed by atoms with van der Waals surface area (Å²) >= 11 is 0. The van der Waals surface area contributed by atoms with Crippen LogP contribution in [0, 0.1) is 13.8 Å². The third-order valence-electron chi connectivity index (χ3n) is 6.91. The zero-order chi connectivity index (χ0) is 27.1. The summed E-state index contributed by atoms with van der Waals surface area (Å²) < 4.78 is 13.4. The van der Waals surface area contributed by atoms with Crippen molar-refractivity contribution < 1.29 is 23.8 Å². The van der Waals surface area contributed by atoms with Crippen molar-refractivity contribution >= 4 is 23.1 Å². The first kappa shape index (κ1) is 24.2. The summed E-state index contributed by atoms with van der Waals surface area (Å²) in [6.45, 7) is 3.79. The number of ether oxygens (including phenoxy) is 1. The standard InChI is InChI=1S/C31H25N3O5/c1-19-9-7-15-33-20(2)26(32-30(19)33)28(35)25-27(34(31(37)29(25)36)18-24-14-8-16-38-24)21-10-6-13-23(17-21)39-22-11-4-3-5-12-22/h3-17,27,35H,18H2,1-2H3/b28-25+. The van der Waals surface area contributed by atoms with Crippen LogP contribution in [0.5, 0.6) is 11.5 Å². The van der Waals surface area contributed by atoms with Gasteiger partial charge in [-0.1, -0.05) is 36.4 Å². The van der Waals surface area contributed by atoms with Gasteiger partial charge in [0.25, 0.3) is 11.7 Å². The van der Waals surface area contributed by atoms with Crippen molar-refractivity contribution in [2.75, 3.05) is 0 Å². The third kappa shape index (κ3) is 4.25. The molecule has 2 aromatic carbocycles. The van der Waals surface area contributed by atoms with Crippen LogP contribution < -0.4 is 4.74 Å². The molecule has 8 nitrogen and oxygen atoms in total. The smallest absolute Gasteiger partial charge is 0.296 e. The van der Waals surface area contributed by atoms with E-state index in [2.05, 4.69) is 4.98 Å². The molecule has 1 amide bonds. The molecule has 5 aromatic rings. The molecule has 1 aliphatic rings. The number of benzene rings is 2. The van der Waals surface area contributed by atoms with Crippen molar-refractivity contribution in [3.05, 3.63) is 125 Å². The van der Waals surface area contributed by atoms with Gasteiger partial charge in [-0.15, -0.1) is 0 Å². The Labute approximate surface area is 224 Å². The van der Waals surface area contributed by atoms with E-state index >= 15 is 0 Å². The number of hydrogen-bond acceptors (Lipinski definition) is 6. The van der Waals surface area contributed by atoms with E-state index in [1.807, 2.05) is 66.9 Å². The highest BCUT2D eigenvalue weighted by Crippen LogP contribution is 2.42. The van der Waals surface area contributed by atoms with E-state index in [-0.39, 0.29) is 23.6 Å². The lowest BCUT2D eigenvalue weighted by molar-refractivity contribution is -0.140. The molecular weight excluding hydrogens is 494 g/mol. The minimum Gasteiger partial charge on any atom is -0.505 e. The summed E-state index contributed by atoms with van der Waals surface area (Å²) in [5.74, 6) is -0.151. The number of ketones is 1. The molecule has 0 radical (unpaired) electrons. The highest BCUT2D eigenvalue weighted by atomic mass is 16.5. The van der Waals surface area contributed by atoms with Crippen molar-refractivity contribution in [1.29, 1.82) is 0 Å². The minimum absolute atomic E-state index is 0.0347. The first-order valence-corrected chi connectivity index (χ1v) is 12.5. The van der Waals surface area contributed by atoms with E-state index in [1.54, 1.807) is 36.4 Å². The SMILES string of the molecule is Cc1cccn2c(C)c(/C(O)=C3\C(=O)C(=O)N(Cc4ccco4)C3c3cccc(Oc4ccccc4)c3)nc12. The van der Waals surface area contributed by atoms with E-state index in [9.17, 15) is 14.7 Å². The third-order valence-corrected chi connectivity index (χ3v) is 6.91. The van der Waals surface area contributed by atoms with Gasteiger partial charge >= 0.3 is 0 Å². The molecule has 3 aromatic heterocycles. The van der Waals surface area contributed by atoms with Crippen LogP contribution in [0.15, 0.2) is 101 Å². The summed E-state index contributed by atoms with van der Waals surface area (Å²) in [4.78, 5) is 32.9. The number of hydrogen-bond donors (Lipinski definition) is 1. The maximum atomic E-state index is 13.5. The van der Waals surface area contributed by atoms with Gasteiger partial charge in [0, 0.05) is 6.20 Å². The highest BCUT2D eigenvalue weighted by molar-refractivity contribution is 6.46. The average Bonchev–Trinajstić information content (AvgIpc) is 3.64. The zero-order valence-electron chi connectivity index (χ0n) is 21.4. The Kier molecular flexibility index (Phi) is 5.99. The number of Topliss-reactive ketones (excluding diaryl/α,β-unsaturated/α-hetero) is 1. The molecule has 39 heavy (non-hydrogen) atoms. The predicted molar refractivity (Wildman–Crippen MR) is 144 cm³/mol. The quantitative estimate of drug-likeness (QED) is 0.169. The first-order valence-electron chi connectivity index (χ1n) is 12.5. The van der Waals surface area contributed by atoms with Gasteiger partial charge in [-0.05, 0) is 67.4 Å². The Morgan fingerprint density at radius 1 is 0.974 bits per heavy atom. The van der Waals surface area contributed by atoms with Gasteiger partial charge in [0.15, 0.2) is 5.76 Å². The molecular formula is C31H25N3O5. The van der Waals surface area contributed by atoms with Gasteiger partial charge in [0.1, 0.15) is 28.6 Å². The lowest BCUT2D eigenvalue weighted by atomic mass is 9.96. The van der Waals surface area contributed by atoms with Crippen LogP contribution in [0.2, 0.25) is 0 Å². The van der Waals surface area contributed by atoms with Gasteiger partial charge in [0.2, 0.25) is 0 Å². The average molecular weight is 520 g/mol. The number of nitrogens with zero attached hydrogens (tertiary/aromatic N) is 3. The summed E-state index contributed by atoms with van der Waals surface area (Å²) in [5, 5.41) is 11.6. The lowest BCUT2D eigenvalue weighted by Crippen LogP contribution is -2.29. The number of fused-ring (bicyclic) bond motifs is 1. The van der Waals surface area contributed by atoms with Crippen LogP contribution in [0.4, 0.5) is 0 Å². The first-order chi connectivity index (χ1) is 18.9. The normalized spacial score (nSPS) is 16.8. The highest BCUT2D eigenvalue weighted by Gasteiger charge is 2.47. The minimum atomic E-state index is -0.889. The number of para-hydroxylation sites is 1. The fourth-order valence-corrected chi connectivity index (χ4v) is 5.01. The van der Waals surface area contributed by atoms with Crippen LogP contribution in [0.25, 0.3) is 11.4 Å². The summed E-state index contributed by atoms with van der Waals surface area (Å²) in [6, 6.07) is 22.9. The van der Waals surface area contributed by atoms with Crippen molar-refractivity contribution in [1.82, 2.24) is 14.3 Å². The second kappa shape index (κ2) is 9.64. The summed E-state index contributed by atoms with van der Waals surface area (Å²) in [7, 11) is 0. The molecule has 1 fully saturated rings. The molecule has 1 saturated heterocycles. The van der Waals surface area contributed by atoms with Crippen LogP contribution in [0.1, 0.15) is 34.3 Å². The number of pyridine rings is 1. The lowest BCUT2D eigenvalue weighted by Gasteiger charge is -2.24. The van der Waals surface area contributed by atoms with Crippen LogP contribution in [-0.2, 0) is 16.1 Å². The van der Waals surface area contributed by atoms with Gasteiger partial charge in [-0.3, -0.25) is 9.59 Å². The predicted octanol–water partition coefficient (Wildman–Crippen LogP) is 5.96. The van der Waals surface area contributed by atoms with Crippen LogP contribution in [-0.4, -0.2) is 31.1 Å². The number of carbonyl (C=O) groups excluding carboxylic acids is 2. The number of imidazole rings is 1. The topological polar surface area (TPSA) is 97.3 Å². The second-order valence-electron chi connectivity index (χ2n) is 9.42. The summed E-state index contributed by atoms with van der Waals surface area (Å²) in [6.07, 6.45) is 3.36. The second-order valence-corrected chi connectivity index (χ2v) is 9.42. The van der Waals surface area contributed by atoms with Crippen molar-refractivity contribution in [3.8, 4) is 11.5 Å². The molecule has 0 aliphatic carbocycles. The monoisotopic (exact) mass is 519 g/mol. The summed E-state index contributed by atoms with van der Waals surface area (Å²) in [5.41, 5.74) is 3.06. The molecule has 8 heteroatoms. The number of likely N-dealkylation sites (tertiary alicyclic amines) is 1. The Balaban J connectivity index is 1.50. The van der Waals surface area contributed by atoms with E-state index in [0.717, 1.165) is 5.56 Å². The number of rotatable bonds is 6. The number of aryl methyl sites for hydroxylation is 2. The van der Waals surface area contributed by atoms with Gasteiger partial charge < -0.3 is 23.6 Å². The van der Waals surface area contributed by atoms with E-state index in [1.165, 1.54) is 11.2 Å². The number of carbonyl (C=O) groups is 2. The molecule has 1 unspecified atom stereocenters. The molecule has 1 aliphatic heterocycles. The van der Waals surface area contributed by atoms with Crippen molar-refractivity contribution in [2.45, 2.75) is 26.4 Å². The number of aromatic nitrogens is 2. The molecule has 0 saturated carbocycles. The Bertz CT molecular complexity index is 1730. The van der Waals surface area contributed by atoms with Crippen LogP contribution >= 0.6 is 0 Å². The Hall–Kier alpha value is -5.11. The molecule has 1 atom stereocenters. The van der Waals surface area contributed by atoms with E-state index < -0.39 is 17.7 Å². The number of furan rings is 1. The van der Waals surface area contributed by atoms with Gasteiger partial charge in [-0.2, -0.15) is 0 Å². The molecule has 4 heterocycles. The van der Waals surface area contributed by atoms with Crippen molar-refractivity contribution in [3.63, 3.8) is 0 Å². The zero-order valence-corrected chi connectivity index (χ0v) is 21.4. The van der Waals surface area contributed by atoms with Gasteiger partial charge in [0.05, 0.1) is 30.1 Å². The molecule has 6 rings (SSSR count). The maximum absolute atomic E-state index is 13.5. The fourth-order valence-electron chi connectivity index (χ4n) is 5.01. The molecule has 194 valence electrons. The number of aliphatic hydroxyl groups is 1. The van der Waals surface area contributed by atoms with Crippen molar-refractivity contribution in [2.24, 2.45) is 0 Å².